The molecule has 2 saturated carbocycles. The van der Waals surface area contributed by atoms with Crippen LogP contribution in [0.15, 0.2) is 0 Å². The van der Waals surface area contributed by atoms with Crippen molar-refractivity contribution in [2.24, 2.45) is 23.0 Å². The Kier molecular flexibility index (Phi) is 5.70. The van der Waals surface area contributed by atoms with E-state index < -0.39 is 0 Å². The molecule has 0 unspecified atom stereocenters. The SMILES string of the molecule is CC(C)CC1(CNCC2CCC(N)CC2)CCCC1. The van der Waals surface area contributed by atoms with Crippen molar-refractivity contribution in [1.29, 1.82) is 0 Å². The average molecular weight is 266 g/mol. The van der Waals surface area contributed by atoms with E-state index in [1.54, 1.807) is 0 Å². The number of rotatable bonds is 6. The summed E-state index contributed by atoms with van der Waals surface area (Å²) in [4.78, 5) is 0. The maximum atomic E-state index is 5.98. The van der Waals surface area contributed by atoms with Crippen LogP contribution in [0.2, 0.25) is 0 Å². The lowest BCUT2D eigenvalue weighted by Gasteiger charge is -2.33. The van der Waals surface area contributed by atoms with Gasteiger partial charge in [0.2, 0.25) is 0 Å². The quantitative estimate of drug-likeness (QED) is 0.769. The third-order valence-corrected chi connectivity index (χ3v) is 5.33. The fourth-order valence-electron chi connectivity index (χ4n) is 4.38. The van der Waals surface area contributed by atoms with E-state index in [1.807, 2.05) is 0 Å². The van der Waals surface area contributed by atoms with Crippen molar-refractivity contribution in [3.8, 4) is 0 Å². The molecule has 0 bridgehead atoms. The summed E-state index contributed by atoms with van der Waals surface area (Å²) >= 11 is 0. The largest absolute Gasteiger partial charge is 0.328 e. The predicted octanol–water partition coefficient (Wildman–Crippen LogP) is 3.70. The summed E-state index contributed by atoms with van der Waals surface area (Å²) in [7, 11) is 0. The van der Waals surface area contributed by atoms with E-state index in [9.17, 15) is 0 Å². The Labute approximate surface area is 119 Å². The minimum absolute atomic E-state index is 0.485. The summed E-state index contributed by atoms with van der Waals surface area (Å²) in [6.45, 7) is 7.24. The predicted molar refractivity (Wildman–Crippen MR) is 83.2 cm³/mol. The molecule has 2 nitrogen and oxygen atoms in total. The zero-order valence-corrected chi connectivity index (χ0v) is 13.1. The standard InChI is InChI=1S/C17H34N2/c1-14(2)11-17(9-3-4-10-17)13-19-12-15-5-7-16(18)8-6-15/h14-16,19H,3-13,18H2,1-2H3. The Morgan fingerprint density at radius 2 is 1.74 bits per heavy atom. The van der Waals surface area contributed by atoms with Gasteiger partial charge >= 0.3 is 0 Å². The van der Waals surface area contributed by atoms with Crippen LogP contribution >= 0.6 is 0 Å². The van der Waals surface area contributed by atoms with Crippen LogP contribution in [0.4, 0.5) is 0 Å². The molecule has 0 atom stereocenters. The molecule has 0 heterocycles. The molecule has 0 aliphatic heterocycles. The van der Waals surface area contributed by atoms with Crippen LogP contribution < -0.4 is 11.1 Å². The highest BCUT2D eigenvalue weighted by Gasteiger charge is 2.34. The van der Waals surface area contributed by atoms with E-state index >= 15 is 0 Å². The first-order valence-electron chi connectivity index (χ1n) is 8.56. The van der Waals surface area contributed by atoms with Crippen LogP contribution in [-0.2, 0) is 0 Å². The molecule has 0 aromatic carbocycles. The molecule has 2 aliphatic carbocycles. The van der Waals surface area contributed by atoms with E-state index in [-0.39, 0.29) is 0 Å². The Morgan fingerprint density at radius 1 is 1.11 bits per heavy atom. The molecule has 0 aromatic rings. The molecular weight excluding hydrogens is 232 g/mol. The van der Waals surface area contributed by atoms with Gasteiger partial charge in [0.15, 0.2) is 0 Å². The van der Waals surface area contributed by atoms with E-state index in [2.05, 4.69) is 19.2 Å². The molecule has 19 heavy (non-hydrogen) atoms. The lowest BCUT2D eigenvalue weighted by atomic mass is 9.78. The van der Waals surface area contributed by atoms with Crippen molar-refractivity contribution in [1.82, 2.24) is 5.32 Å². The maximum Gasteiger partial charge on any atom is 0.00390 e. The van der Waals surface area contributed by atoms with Gasteiger partial charge in [0, 0.05) is 12.6 Å². The first-order valence-corrected chi connectivity index (χ1v) is 8.56. The van der Waals surface area contributed by atoms with Gasteiger partial charge in [-0.05, 0) is 68.7 Å². The molecule has 2 heteroatoms. The van der Waals surface area contributed by atoms with Gasteiger partial charge in [0.1, 0.15) is 0 Å². The van der Waals surface area contributed by atoms with Crippen LogP contribution in [0, 0.1) is 17.3 Å². The summed E-state index contributed by atoms with van der Waals surface area (Å²) in [5.41, 5.74) is 6.60. The molecular formula is C17H34N2. The highest BCUT2D eigenvalue weighted by molar-refractivity contribution is 4.88. The topological polar surface area (TPSA) is 38.0 Å². The molecule has 2 rings (SSSR count). The van der Waals surface area contributed by atoms with Crippen LogP contribution in [-0.4, -0.2) is 19.1 Å². The van der Waals surface area contributed by atoms with E-state index in [0.717, 1.165) is 11.8 Å². The second kappa shape index (κ2) is 7.08. The minimum Gasteiger partial charge on any atom is -0.328 e. The van der Waals surface area contributed by atoms with Crippen LogP contribution in [0.1, 0.15) is 71.6 Å². The normalized spacial score (nSPS) is 30.9. The van der Waals surface area contributed by atoms with E-state index in [4.69, 9.17) is 5.73 Å². The average Bonchev–Trinajstić information content (AvgIpc) is 2.79. The highest BCUT2D eigenvalue weighted by atomic mass is 14.9. The molecule has 0 amide bonds. The number of hydrogen-bond donors (Lipinski definition) is 2. The van der Waals surface area contributed by atoms with Crippen molar-refractivity contribution < 1.29 is 0 Å². The third kappa shape index (κ3) is 4.75. The number of nitrogens with one attached hydrogen (secondary N) is 1. The number of nitrogens with two attached hydrogens (primary N) is 1. The van der Waals surface area contributed by atoms with Gasteiger partial charge in [-0.1, -0.05) is 26.7 Å². The van der Waals surface area contributed by atoms with Crippen molar-refractivity contribution >= 4 is 0 Å². The molecule has 0 saturated heterocycles. The summed E-state index contributed by atoms with van der Waals surface area (Å²) in [5, 5.41) is 3.82. The second-order valence-electron chi connectivity index (χ2n) is 7.72. The minimum atomic E-state index is 0.485. The Morgan fingerprint density at radius 3 is 2.32 bits per heavy atom. The second-order valence-corrected chi connectivity index (χ2v) is 7.72. The molecule has 0 radical (unpaired) electrons. The van der Waals surface area contributed by atoms with Crippen LogP contribution in [0.5, 0.6) is 0 Å². The smallest absolute Gasteiger partial charge is 0.00390 e. The molecule has 2 aliphatic rings. The summed E-state index contributed by atoms with van der Waals surface area (Å²) < 4.78 is 0. The monoisotopic (exact) mass is 266 g/mol. The van der Waals surface area contributed by atoms with E-state index in [1.165, 1.54) is 70.9 Å². The molecule has 0 aromatic heterocycles. The first-order chi connectivity index (χ1) is 9.10. The maximum absolute atomic E-state index is 5.98. The Balaban J connectivity index is 1.70. The van der Waals surface area contributed by atoms with Gasteiger partial charge in [-0.25, -0.2) is 0 Å². The first kappa shape index (κ1) is 15.3. The van der Waals surface area contributed by atoms with Crippen molar-refractivity contribution in [3.05, 3.63) is 0 Å². The van der Waals surface area contributed by atoms with Gasteiger partial charge in [0.05, 0.1) is 0 Å². The summed E-state index contributed by atoms with van der Waals surface area (Å²) in [5.74, 6) is 1.73. The fourth-order valence-corrected chi connectivity index (χ4v) is 4.38. The van der Waals surface area contributed by atoms with Crippen LogP contribution in [0.25, 0.3) is 0 Å². The lowest BCUT2D eigenvalue weighted by molar-refractivity contribution is 0.213. The molecule has 112 valence electrons. The van der Waals surface area contributed by atoms with E-state index in [0.29, 0.717) is 11.5 Å². The number of hydrogen-bond acceptors (Lipinski definition) is 2. The lowest BCUT2D eigenvalue weighted by Crippen LogP contribution is -2.37. The Hall–Kier alpha value is -0.0800. The fraction of sp³-hybridized carbons (Fsp3) is 1.00. The van der Waals surface area contributed by atoms with Gasteiger partial charge in [0.25, 0.3) is 0 Å². The molecule has 2 fully saturated rings. The van der Waals surface area contributed by atoms with Crippen LogP contribution in [0.3, 0.4) is 0 Å². The van der Waals surface area contributed by atoms with Gasteiger partial charge in [-0.3, -0.25) is 0 Å². The zero-order valence-electron chi connectivity index (χ0n) is 13.1. The summed E-state index contributed by atoms with van der Waals surface area (Å²) in [6.07, 6.45) is 12.4. The highest BCUT2D eigenvalue weighted by Crippen LogP contribution is 2.42. The third-order valence-electron chi connectivity index (χ3n) is 5.33. The Bertz CT molecular complexity index is 248. The van der Waals surface area contributed by atoms with Gasteiger partial charge in [-0.2, -0.15) is 0 Å². The van der Waals surface area contributed by atoms with Crippen molar-refractivity contribution in [3.63, 3.8) is 0 Å². The summed E-state index contributed by atoms with van der Waals surface area (Å²) in [6, 6.07) is 0.485. The van der Waals surface area contributed by atoms with Gasteiger partial charge < -0.3 is 11.1 Å². The van der Waals surface area contributed by atoms with Gasteiger partial charge in [-0.15, -0.1) is 0 Å². The molecule has 3 N–H and O–H groups in total. The van der Waals surface area contributed by atoms with Crippen molar-refractivity contribution in [2.45, 2.75) is 77.7 Å². The zero-order chi connectivity index (χ0) is 13.7. The molecule has 0 spiro atoms. The van der Waals surface area contributed by atoms with Crippen molar-refractivity contribution in [2.75, 3.05) is 13.1 Å².